The maximum atomic E-state index is 13.3. The minimum Gasteiger partial charge on any atom is -0.454 e. The van der Waals surface area contributed by atoms with Gasteiger partial charge >= 0.3 is 5.97 Å². The van der Waals surface area contributed by atoms with E-state index in [4.69, 9.17) is 14.2 Å². The van der Waals surface area contributed by atoms with Crippen molar-refractivity contribution in [1.29, 1.82) is 0 Å². The summed E-state index contributed by atoms with van der Waals surface area (Å²) in [5.74, 6) is -1.30. The Balaban J connectivity index is 2.84. The van der Waals surface area contributed by atoms with Crippen molar-refractivity contribution < 1.29 is 49.3 Å². The zero-order valence-electron chi connectivity index (χ0n) is 42.0. The molecule has 1 heterocycles. The first-order chi connectivity index (χ1) is 32.7. The number of hydrogen-bond donors (Lipinski definition) is 6. The molecule has 67 heavy (non-hydrogen) atoms. The Labute approximate surface area is 406 Å². The number of aliphatic hydroxyl groups is 5. The molecule has 11 nitrogen and oxygen atoms in total. The van der Waals surface area contributed by atoms with Gasteiger partial charge in [0.1, 0.15) is 24.4 Å². The van der Waals surface area contributed by atoms with Gasteiger partial charge < -0.3 is 45.1 Å². The summed E-state index contributed by atoms with van der Waals surface area (Å²) >= 11 is 0. The van der Waals surface area contributed by atoms with Crippen molar-refractivity contribution in [3.63, 3.8) is 0 Å². The smallest absolute Gasteiger partial charge is 0.306 e. The molecule has 1 rings (SSSR count). The van der Waals surface area contributed by atoms with Gasteiger partial charge in [-0.3, -0.25) is 9.59 Å². The third-order valence-electron chi connectivity index (χ3n) is 11.9. The number of amides is 1. The fourth-order valence-corrected chi connectivity index (χ4v) is 7.67. The van der Waals surface area contributed by atoms with Gasteiger partial charge in [-0.1, -0.05) is 209 Å². The average Bonchev–Trinajstić information content (AvgIpc) is 3.32. The van der Waals surface area contributed by atoms with Gasteiger partial charge in [0.2, 0.25) is 5.91 Å². The Morgan fingerprint density at radius 3 is 1.63 bits per heavy atom. The third-order valence-corrected chi connectivity index (χ3v) is 11.9. The van der Waals surface area contributed by atoms with Gasteiger partial charge in [-0.05, 0) is 64.2 Å². The fourth-order valence-electron chi connectivity index (χ4n) is 7.67. The molecule has 0 saturated carbocycles. The van der Waals surface area contributed by atoms with Crippen LogP contribution in [0, 0.1) is 0 Å². The van der Waals surface area contributed by atoms with Crippen LogP contribution in [0.5, 0.6) is 0 Å². The van der Waals surface area contributed by atoms with Gasteiger partial charge in [0, 0.05) is 6.42 Å². The Morgan fingerprint density at radius 1 is 0.597 bits per heavy atom. The number of hydrogen-bond acceptors (Lipinski definition) is 10. The highest BCUT2D eigenvalue weighted by Gasteiger charge is 2.47. The van der Waals surface area contributed by atoms with E-state index in [2.05, 4.69) is 44.3 Å². The normalized spacial score (nSPS) is 20.7. The minimum atomic E-state index is -1.63. The highest BCUT2D eigenvalue weighted by atomic mass is 16.7. The molecule has 1 fully saturated rings. The molecule has 0 spiro atoms. The molecule has 11 heteroatoms. The van der Waals surface area contributed by atoms with Gasteiger partial charge in [-0.15, -0.1) is 0 Å². The van der Waals surface area contributed by atoms with E-state index in [1.165, 1.54) is 89.9 Å². The number of aliphatic hydroxyl groups excluding tert-OH is 5. The molecule has 0 aliphatic carbocycles. The summed E-state index contributed by atoms with van der Waals surface area (Å²) in [5, 5.41) is 56.5. The lowest BCUT2D eigenvalue weighted by molar-refractivity contribution is -0.305. The van der Waals surface area contributed by atoms with Crippen molar-refractivity contribution in [1.82, 2.24) is 5.32 Å². The van der Waals surface area contributed by atoms with Gasteiger partial charge in [0.25, 0.3) is 0 Å². The maximum Gasteiger partial charge on any atom is 0.306 e. The predicted molar refractivity (Wildman–Crippen MR) is 273 cm³/mol. The standard InChI is InChI=1S/C56H95NO10/c1-4-7-10-13-16-19-22-25-26-29-32-35-38-41-44-51(61)67-54-53(63)52(62)50(45-58)66-56(54)65-46-47(48(59)42-39-36-33-30-27-23-20-17-14-11-8-5-2)57-55(64)49(60)43-40-37-34-31-28-24-21-18-15-12-9-6-3/h9,12,15,18,21,24,26,28-29,31,34,37,39,42,47-50,52-54,56,58-60,62-63H,4-8,10-11,13-14,16-17,19-20,22-23,25,27,30,32-33,35-36,38,40-41,43-46H2,1-3H3,(H,57,64)/b12-9+,18-15+,24-21-,29-26-,31-28-,37-34+,42-39+. The zero-order chi connectivity index (χ0) is 49.0. The molecule has 8 atom stereocenters. The molecule has 384 valence electrons. The molecule has 1 amide bonds. The molecule has 0 aromatic heterocycles. The van der Waals surface area contributed by atoms with E-state index in [9.17, 15) is 35.1 Å². The average molecular weight is 942 g/mol. The highest BCUT2D eigenvalue weighted by molar-refractivity contribution is 5.80. The number of rotatable bonds is 42. The van der Waals surface area contributed by atoms with Crippen LogP contribution < -0.4 is 5.32 Å². The van der Waals surface area contributed by atoms with Crippen LogP contribution >= 0.6 is 0 Å². The zero-order valence-corrected chi connectivity index (χ0v) is 42.0. The van der Waals surface area contributed by atoms with Crippen LogP contribution in [-0.2, 0) is 23.8 Å². The van der Waals surface area contributed by atoms with Crippen LogP contribution in [0.1, 0.15) is 194 Å². The number of unbranched alkanes of at least 4 members (excludes halogenated alkanes) is 20. The molecule has 1 aliphatic rings. The van der Waals surface area contributed by atoms with Gasteiger partial charge in [-0.25, -0.2) is 0 Å². The number of ether oxygens (including phenoxy) is 3. The third kappa shape index (κ3) is 33.1. The van der Waals surface area contributed by atoms with E-state index < -0.39 is 67.4 Å². The maximum absolute atomic E-state index is 13.3. The number of allylic oxidation sites excluding steroid dienone is 13. The lowest BCUT2D eigenvalue weighted by Gasteiger charge is -2.41. The Kier molecular flexibility index (Phi) is 40.7. The summed E-state index contributed by atoms with van der Waals surface area (Å²) in [6.45, 7) is 5.54. The number of carbonyl (C=O) groups excluding carboxylic acids is 2. The lowest BCUT2D eigenvalue weighted by Crippen LogP contribution is -2.61. The summed E-state index contributed by atoms with van der Waals surface area (Å²) < 4.78 is 17.5. The van der Waals surface area contributed by atoms with E-state index in [1.807, 2.05) is 60.8 Å². The first-order valence-corrected chi connectivity index (χ1v) is 26.4. The Bertz CT molecular complexity index is 1410. The lowest BCUT2D eigenvalue weighted by atomic mass is 9.99. The second-order valence-corrected chi connectivity index (χ2v) is 18.0. The molecule has 0 radical (unpaired) electrons. The second-order valence-electron chi connectivity index (χ2n) is 18.0. The van der Waals surface area contributed by atoms with Gasteiger partial charge in [0.05, 0.1) is 25.4 Å². The molecule has 0 aromatic carbocycles. The molecule has 1 saturated heterocycles. The van der Waals surface area contributed by atoms with Gasteiger partial charge in [-0.2, -0.15) is 0 Å². The molecule has 1 aliphatic heterocycles. The largest absolute Gasteiger partial charge is 0.454 e. The Hall–Kier alpha value is -3.16. The summed E-state index contributed by atoms with van der Waals surface area (Å²) in [6.07, 6.45) is 45.1. The first kappa shape index (κ1) is 61.9. The van der Waals surface area contributed by atoms with Crippen molar-refractivity contribution in [2.24, 2.45) is 0 Å². The van der Waals surface area contributed by atoms with Crippen molar-refractivity contribution in [3.05, 3.63) is 85.1 Å². The first-order valence-electron chi connectivity index (χ1n) is 26.4. The van der Waals surface area contributed by atoms with Crippen LogP contribution in [0.25, 0.3) is 0 Å². The molecular weight excluding hydrogens is 847 g/mol. The van der Waals surface area contributed by atoms with Gasteiger partial charge in [0.15, 0.2) is 12.4 Å². The van der Waals surface area contributed by atoms with Crippen LogP contribution in [0.3, 0.4) is 0 Å². The summed E-state index contributed by atoms with van der Waals surface area (Å²) in [4.78, 5) is 26.3. The van der Waals surface area contributed by atoms with Crippen molar-refractivity contribution in [2.75, 3.05) is 13.2 Å². The van der Waals surface area contributed by atoms with Crippen LogP contribution in [0.4, 0.5) is 0 Å². The fraction of sp³-hybridized carbons (Fsp3) is 0.714. The number of esters is 1. The summed E-state index contributed by atoms with van der Waals surface area (Å²) in [6, 6.07) is -1.07. The second kappa shape index (κ2) is 44.1. The van der Waals surface area contributed by atoms with Crippen molar-refractivity contribution >= 4 is 11.9 Å². The molecule has 0 bridgehead atoms. The topological polar surface area (TPSA) is 175 Å². The SMILES string of the molecule is CC/C=C/C=C/C=C\C=C/C=C/CCC(O)C(=O)NC(COC1OC(CO)C(O)C(O)C1OC(=O)CCCCC/C=C\CCCCCCCCC)C(O)/C=C/CCCCCCCCCCCC. The van der Waals surface area contributed by atoms with E-state index in [-0.39, 0.29) is 19.4 Å². The molecule has 6 N–H and O–H groups in total. The highest BCUT2D eigenvalue weighted by Crippen LogP contribution is 2.26. The predicted octanol–water partition coefficient (Wildman–Crippen LogP) is 11.0. The Morgan fingerprint density at radius 2 is 1.09 bits per heavy atom. The minimum absolute atomic E-state index is 0.0909. The quantitative estimate of drug-likeness (QED) is 0.0150. The van der Waals surface area contributed by atoms with Crippen molar-refractivity contribution in [2.45, 2.75) is 243 Å². The van der Waals surface area contributed by atoms with E-state index in [1.54, 1.807) is 6.08 Å². The number of carbonyl (C=O) groups is 2. The monoisotopic (exact) mass is 942 g/mol. The van der Waals surface area contributed by atoms with E-state index >= 15 is 0 Å². The van der Waals surface area contributed by atoms with Crippen LogP contribution in [0.15, 0.2) is 85.1 Å². The van der Waals surface area contributed by atoms with E-state index in [0.717, 1.165) is 57.8 Å². The molecule has 0 aromatic rings. The molecular formula is C56H95NO10. The molecule has 8 unspecified atom stereocenters. The van der Waals surface area contributed by atoms with Crippen molar-refractivity contribution in [3.8, 4) is 0 Å². The van der Waals surface area contributed by atoms with Crippen LogP contribution in [0.2, 0.25) is 0 Å². The summed E-state index contributed by atoms with van der Waals surface area (Å²) in [7, 11) is 0. The van der Waals surface area contributed by atoms with Crippen LogP contribution in [-0.4, -0.2) is 99.6 Å². The van der Waals surface area contributed by atoms with E-state index in [0.29, 0.717) is 12.8 Å². The summed E-state index contributed by atoms with van der Waals surface area (Å²) in [5.41, 5.74) is 0. The number of nitrogens with one attached hydrogen (secondary N) is 1.